The zero-order valence-corrected chi connectivity index (χ0v) is 46.0. The molecule has 0 saturated heterocycles. The highest BCUT2D eigenvalue weighted by Gasteiger charge is 2.28. The van der Waals surface area contributed by atoms with Gasteiger partial charge >= 0.3 is 25.7 Å². The average molecular weight is 1030 g/mol. The third kappa shape index (κ3) is 51.1. The fourth-order valence-electron chi connectivity index (χ4n) is 6.92. The van der Waals surface area contributed by atoms with Gasteiger partial charge in [0.05, 0.1) is 19.8 Å². The number of carbonyl (C=O) groups excluding carboxylic acids is 3. The normalized spacial score (nSPS) is 14.2. The monoisotopic (exact) mass is 1030 g/mol. The Hall–Kier alpha value is -3.86. The van der Waals surface area contributed by atoms with Gasteiger partial charge in [-0.2, -0.15) is 0 Å². The van der Waals surface area contributed by atoms with Crippen molar-refractivity contribution in [3.8, 4) is 0 Å². The number of hydrogen-bond acceptors (Lipinski definition) is 10. The second kappa shape index (κ2) is 53.4. The Labute approximate surface area is 437 Å². The third-order valence-electron chi connectivity index (χ3n) is 11.2. The molecule has 410 valence electrons. The number of unbranched alkanes of at least 4 members (excludes halogenated alkanes) is 15. The van der Waals surface area contributed by atoms with Crippen LogP contribution in [0.25, 0.3) is 0 Å². The number of rotatable bonds is 50. The van der Waals surface area contributed by atoms with Crippen molar-refractivity contribution in [1.29, 1.82) is 0 Å². The van der Waals surface area contributed by atoms with E-state index in [-0.39, 0.29) is 25.9 Å². The average Bonchev–Trinajstić information content (AvgIpc) is 3.37. The van der Waals surface area contributed by atoms with Crippen LogP contribution in [0.1, 0.15) is 213 Å². The van der Waals surface area contributed by atoms with Crippen LogP contribution in [0.4, 0.5) is 0 Å². The quantitative estimate of drug-likeness (QED) is 0.0197. The number of carbonyl (C=O) groups is 3. The summed E-state index contributed by atoms with van der Waals surface area (Å²) in [6.07, 6.45) is 63.5. The molecule has 3 unspecified atom stereocenters. The maximum atomic E-state index is 12.9. The minimum atomic E-state index is -4.78. The first-order valence-electron chi connectivity index (χ1n) is 27.8. The molecule has 2 N–H and O–H groups in total. The van der Waals surface area contributed by atoms with Crippen molar-refractivity contribution in [1.82, 2.24) is 0 Å². The Morgan fingerprint density at radius 3 is 1.25 bits per heavy atom. The van der Waals surface area contributed by atoms with E-state index in [4.69, 9.17) is 23.3 Å². The van der Waals surface area contributed by atoms with E-state index in [2.05, 4.69) is 118 Å². The van der Waals surface area contributed by atoms with E-state index in [1.54, 1.807) is 0 Å². The van der Waals surface area contributed by atoms with Crippen LogP contribution in [-0.2, 0) is 42.2 Å². The van der Waals surface area contributed by atoms with Crippen LogP contribution in [0.15, 0.2) is 109 Å². The van der Waals surface area contributed by atoms with E-state index >= 15 is 0 Å². The molecule has 11 nitrogen and oxygen atoms in total. The fourth-order valence-corrected chi connectivity index (χ4v) is 7.70. The molecule has 0 aliphatic rings. The second-order valence-corrected chi connectivity index (χ2v) is 19.5. The largest absolute Gasteiger partial charge is 0.472 e. The van der Waals surface area contributed by atoms with E-state index in [0.717, 1.165) is 116 Å². The SMILES string of the molecule is CC/C=C\C/C=C\C/C=C\C/C=C\C/C=C\C/C=C\CCC(=O)OC(COC(=O)CCCCCCC/C=C\CCCC)COP(=O)(O)OCC(CO)OC(=O)CCCCCCC/C=C\C/C=C\CCCCC. The lowest BCUT2D eigenvalue weighted by Crippen LogP contribution is -2.30. The first-order chi connectivity index (χ1) is 35.2. The molecule has 0 saturated carbocycles. The van der Waals surface area contributed by atoms with Gasteiger partial charge in [-0.25, -0.2) is 4.57 Å². The number of hydrogen-bond donors (Lipinski definition) is 2. The number of aliphatic hydroxyl groups is 1. The molecular formula is C60H99O11P. The van der Waals surface area contributed by atoms with Gasteiger partial charge in [-0.05, 0) is 109 Å². The summed E-state index contributed by atoms with van der Waals surface area (Å²) in [7, 11) is -4.78. The summed E-state index contributed by atoms with van der Waals surface area (Å²) in [5.41, 5.74) is 0. The first kappa shape index (κ1) is 68.1. The number of phosphoric acid groups is 1. The third-order valence-corrected chi connectivity index (χ3v) is 12.1. The smallest absolute Gasteiger partial charge is 0.462 e. The second-order valence-electron chi connectivity index (χ2n) is 18.0. The van der Waals surface area contributed by atoms with E-state index in [1.807, 2.05) is 12.2 Å². The highest BCUT2D eigenvalue weighted by atomic mass is 31.2. The van der Waals surface area contributed by atoms with Crippen LogP contribution in [-0.4, -0.2) is 66.5 Å². The number of ether oxygens (including phenoxy) is 3. The highest BCUT2D eigenvalue weighted by Crippen LogP contribution is 2.43. The van der Waals surface area contributed by atoms with Crippen molar-refractivity contribution in [2.75, 3.05) is 26.4 Å². The van der Waals surface area contributed by atoms with Crippen LogP contribution in [0.3, 0.4) is 0 Å². The van der Waals surface area contributed by atoms with Gasteiger partial charge in [0.1, 0.15) is 12.7 Å². The summed E-state index contributed by atoms with van der Waals surface area (Å²) < 4.78 is 39.3. The highest BCUT2D eigenvalue weighted by molar-refractivity contribution is 7.47. The summed E-state index contributed by atoms with van der Waals surface area (Å²) in [6.45, 7) is 4.33. The van der Waals surface area contributed by atoms with Gasteiger partial charge in [-0.15, -0.1) is 0 Å². The van der Waals surface area contributed by atoms with Gasteiger partial charge in [0.25, 0.3) is 0 Å². The van der Waals surface area contributed by atoms with E-state index in [9.17, 15) is 28.9 Å². The molecule has 0 spiro atoms. The van der Waals surface area contributed by atoms with Crippen LogP contribution < -0.4 is 0 Å². The van der Waals surface area contributed by atoms with E-state index < -0.39 is 57.8 Å². The number of aliphatic hydroxyl groups excluding tert-OH is 1. The van der Waals surface area contributed by atoms with Crippen LogP contribution in [0, 0.1) is 0 Å². The predicted molar refractivity (Wildman–Crippen MR) is 297 cm³/mol. The van der Waals surface area contributed by atoms with Crippen molar-refractivity contribution in [2.24, 2.45) is 0 Å². The molecule has 0 aliphatic heterocycles. The van der Waals surface area contributed by atoms with Crippen molar-refractivity contribution in [3.05, 3.63) is 109 Å². The molecule has 3 atom stereocenters. The zero-order valence-electron chi connectivity index (χ0n) is 45.1. The molecule has 12 heteroatoms. The Kier molecular flexibility index (Phi) is 50.6. The van der Waals surface area contributed by atoms with Gasteiger partial charge in [0.2, 0.25) is 0 Å². The molecule has 0 radical (unpaired) electrons. The molecule has 0 aromatic carbocycles. The zero-order chi connectivity index (χ0) is 52.7. The van der Waals surface area contributed by atoms with E-state index in [0.29, 0.717) is 25.7 Å². The van der Waals surface area contributed by atoms with Gasteiger partial charge in [0.15, 0.2) is 6.10 Å². The van der Waals surface area contributed by atoms with Crippen molar-refractivity contribution >= 4 is 25.7 Å². The summed E-state index contributed by atoms with van der Waals surface area (Å²) >= 11 is 0. The molecule has 0 heterocycles. The van der Waals surface area contributed by atoms with Gasteiger partial charge in [0, 0.05) is 19.3 Å². The molecule has 0 aliphatic carbocycles. The summed E-state index contributed by atoms with van der Waals surface area (Å²) in [5.74, 6) is -1.60. The number of esters is 3. The minimum absolute atomic E-state index is 0.0349. The Morgan fingerprint density at radius 2 is 0.764 bits per heavy atom. The Balaban J connectivity index is 4.84. The first-order valence-corrected chi connectivity index (χ1v) is 29.3. The predicted octanol–water partition coefficient (Wildman–Crippen LogP) is 16.2. The molecule has 0 aromatic heterocycles. The fraction of sp³-hybridized carbons (Fsp3) is 0.650. The summed E-state index contributed by atoms with van der Waals surface area (Å²) in [6, 6.07) is 0. The summed E-state index contributed by atoms with van der Waals surface area (Å²) in [5, 5.41) is 9.80. The van der Waals surface area contributed by atoms with Crippen molar-refractivity contribution in [2.45, 2.75) is 226 Å². The van der Waals surface area contributed by atoms with Gasteiger partial charge < -0.3 is 24.2 Å². The standard InChI is InChI=1S/C60H99O11P/c1-4-7-10-13-16-19-22-24-26-27-28-29-31-33-36-39-42-45-48-51-60(64)71-57(53-67-58(62)49-46-43-40-37-34-21-18-15-12-9-6-3)55-69-72(65,66)68-54-56(52-61)70-59(63)50-47-44-41-38-35-32-30-25-23-20-17-14-11-8-5-2/h7,10,15-20,24-26,28-30,33,36,42,45,56-57,61H,4-6,8-9,11-14,21-23,27,31-32,34-35,37-41,43-44,46-55H2,1-3H3,(H,65,66)/b10-7-,18-15-,19-16-,20-17-,26-24-,29-28-,30-25-,36-33-,45-42-. The lowest BCUT2D eigenvalue weighted by molar-refractivity contribution is -0.161. The molecule has 0 fully saturated rings. The summed E-state index contributed by atoms with van der Waals surface area (Å²) in [4.78, 5) is 48.4. The molecule has 0 rings (SSSR count). The lowest BCUT2D eigenvalue weighted by atomic mass is 10.1. The molecule has 0 amide bonds. The van der Waals surface area contributed by atoms with Crippen LogP contribution >= 0.6 is 7.82 Å². The topological polar surface area (TPSA) is 155 Å². The minimum Gasteiger partial charge on any atom is -0.462 e. The molecule has 0 aromatic rings. The maximum Gasteiger partial charge on any atom is 0.472 e. The van der Waals surface area contributed by atoms with Crippen molar-refractivity contribution in [3.63, 3.8) is 0 Å². The Bertz CT molecular complexity index is 1620. The molecule has 72 heavy (non-hydrogen) atoms. The van der Waals surface area contributed by atoms with Crippen LogP contribution in [0.2, 0.25) is 0 Å². The number of phosphoric ester groups is 1. The molecule has 0 bridgehead atoms. The lowest BCUT2D eigenvalue weighted by Gasteiger charge is -2.21. The van der Waals surface area contributed by atoms with E-state index in [1.165, 1.54) is 32.1 Å². The number of allylic oxidation sites excluding steroid dienone is 18. The van der Waals surface area contributed by atoms with Gasteiger partial charge in [-0.1, -0.05) is 194 Å². The van der Waals surface area contributed by atoms with Crippen molar-refractivity contribution < 1.29 is 52.2 Å². The Morgan fingerprint density at radius 1 is 0.403 bits per heavy atom. The maximum absolute atomic E-state index is 12.9. The van der Waals surface area contributed by atoms with Crippen LogP contribution in [0.5, 0.6) is 0 Å². The molecular weight excluding hydrogens is 928 g/mol. The van der Waals surface area contributed by atoms with Gasteiger partial charge in [-0.3, -0.25) is 23.4 Å².